The Morgan fingerprint density at radius 1 is 1.23 bits per heavy atom. The second-order valence-corrected chi connectivity index (χ2v) is 7.68. The third-order valence-corrected chi connectivity index (χ3v) is 4.40. The van der Waals surface area contributed by atoms with Crippen molar-refractivity contribution in [2.75, 3.05) is 6.54 Å². The van der Waals surface area contributed by atoms with Gasteiger partial charge in [-0.3, -0.25) is 4.79 Å². The predicted octanol–water partition coefficient (Wildman–Crippen LogP) is 2.73. The summed E-state index contributed by atoms with van der Waals surface area (Å²) in [4.78, 5) is 11.8. The van der Waals surface area contributed by atoms with E-state index in [1.54, 1.807) is 6.92 Å². The van der Waals surface area contributed by atoms with Crippen molar-refractivity contribution in [2.24, 2.45) is 5.92 Å². The Labute approximate surface area is 182 Å². The van der Waals surface area contributed by atoms with Crippen molar-refractivity contribution in [1.29, 1.82) is 5.41 Å². The lowest BCUT2D eigenvalue weighted by Crippen LogP contribution is -2.79. The van der Waals surface area contributed by atoms with Crippen LogP contribution in [0.15, 0.2) is 47.2 Å². The number of carbonyl (C=O) groups is 1. The molecule has 0 radical (unpaired) electrons. The monoisotopic (exact) mass is 417 g/mol. The number of aliphatic hydroxyl groups is 1. The topological polar surface area (TPSA) is 99.2 Å². The minimum atomic E-state index is -0.629. The molecule has 30 heavy (non-hydrogen) atoms. The number of hydrogen-bond donors (Lipinski definition) is 5. The van der Waals surface area contributed by atoms with Crippen LogP contribution in [-0.2, 0) is 4.79 Å². The van der Waals surface area contributed by atoms with Crippen molar-refractivity contribution < 1.29 is 15.0 Å². The summed E-state index contributed by atoms with van der Waals surface area (Å²) in [7, 11) is 0. The first-order valence-corrected chi connectivity index (χ1v) is 10.8. The summed E-state index contributed by atoms with van der Waals surface area (Å²) in [6, 6.07) is 0. The predicted molar refractivity (Wildman–Crippen MR) is 126 cm³/mol. The van der Waals surface area contributed by atoms with Gasteiger partial charge in [0.25, 0.3) is 0 Å². The number of hydrazone groups is 1. The standard InChI is InChI=1S/C24H40N4O2/c1-6-22(13-7-8-15-24(30)26-16-10-11-19(2)3)18-27-28-20(4)12-9-14-23(17-25)21(5)29/h6-7,12-14,17-19,21,25,28-29H,8-11,15-16H2,1-5H3,(H,26,30)/p+1/b13-7-,20-12+,22-6+,23-14-,25-17?,27-18?. The summed E-state index contributed by atoms with van der Waals surface area (Å²) in [5.41, 5.74) is 5.63. The molecule has 0 aromatic heterocycles. The van der Waals surface area contributed by atoms with Gasteiger partial charge in [-0.25, -0.2) is 0 Å². The number of hydrogen-bond acceptors (Lipinski definition) is 4. The zero-order valence-electron chi connectivity index (χ0n) is 19.3. The number of carbonyl (C=O) groups excluding carboxylic acids is 1. The van der Waals surface area contributed by atoms with Crippen LogP contribution in [0.4, 0.5) is 0 Å². The fourth-order valence-electron chi connectivity index (χ4n) is 2.49. The third-order valence-electron chi connectivity index (χ3n) is 4.40. The lowest BCUT2D eigenvalue weighted by molar-refractivity contribution is -0.511. The number of aliphatic hydroxyl groups excluding tert-OH is 1. The SMILES string of the molecule is C/C=C(C=[NH+]N/C(C)=C/C/C=C(/C=N)C(C)O)\C=C/CCC(=O)NCCCC(C)C. The second-order valence-electron chi connectivity index (χ2n) is 7.68. The average molecular weight is 418 g/mol. The van der Waals surface area contributed by atoms with Crippen LogP contribution in [0.1, 0.15) is 66.7 Å². The molecule has 0 aliphatic carbocycles. The molecular formula is C24H41N4O2+. The van der Waals surface area contributed by atoms with Gasteiger partial charge in [0.1, 0.15) is 0 Å². The molecule has 0 fully saturated rings. The Morgan fingerprint density at radius 3 is 2.57 bits per heavy atom. The Hall–Kier alpha value is -2.47. The van der Waals surface area contributed by atoms with E-state index >= 15 is 0 Å². The number of hydrazine groups is 1. The van der Waals surface area contributed by atoms with Crippen LogP contribution in [0.2, 0.25) is 0 Å². The van der Waals surface area contributed by atoms with E-state index < -0.39 is 6.10 Å². The van der Waals surface area contributed by atoms with Gasteiger partial charge in [0.2, 0.25) is 5.91 Å². The maximum atomic E-state index is 11.8. The van der Waals surface area contributed by atoms with Gasteiger partial charge in [0.15, 0.2) is 6.21 Å². The van der Waals surface area contributed by atoms with Gasteiger partial charge in [-0.1, -0.05) is 44.2 Å². The van der Waals surface area contributed by atoms with Crippen molar-refractivity contribution in [3.8, 4) is 0 Å². The number of amides is 1. The molecule has 0 bridgehead atoms. The molecule has 1 amide bonds. The summed E-state index contributed by atoms with van der Waals surface area (Å²) in [5.74, 6) is 0.778. The molecule has 0 aliphatic heterocycles. The molecule has 0 aliphatic rings. The first-order chi connectivity index (χ1) is 14.3. The highest BCUT2D eigenvalue weighted by Gasteiger charge is 2.01. The van der Waals surface area contributed by atoms with E-state index in [0.29, 0.717) is 30.8 Å². The maximum absolute atomic E-state index is 11.8. The highest BCUT2D eigenvalue weighted by Crippen LogP contribution is 2.03. The smallest absolute Gasteiger partial charge is 0.220 e. The number of rotatable bonds is 15. The molecule has 0 spiro atoms. The first-order valence-electron chi connectivity index (χ1n) is 10.8. The first kappa shape index (κ1) is 27.5. The van der Waals surface area contributed by atoms with E-state index in [2.05, 4.69) is 29.7 Å². The molecule has 5 N–H and O–H groups in total. The molecule has 6 heteroatoms. The Balaban J connectivity index is 4.27. The molecule has 1 unspecified atom stereocenters. The minimum absolute atomic E-state index is 0.103. The van der Waals surface area contributed by atoms with Crippen LogP contribution >= 0.6 is 0 Å². The van der Waals surface area contributed by atoms with E-state index in [9.17, 15) is 9.90 Å². The van der Waals surface area contributed by atoms with Crippen molar-refractivity contribution in [2.45, 2.75) is 72.8 Å². The van der Waals surface area contributed by atoms with Gasteiger partial charge >= 0.3 is 0 Å². The van der Waals surface area contributed by atoms with E-state index in [-0.39, 0.29) is 5.91 Å². The van der Waals surface area contributed by atoms with E-state index in [1.165, 1.54) is 6.21 Å². The highest BCUT2D eigenvalue weighted by molar-refractivity contribution is 5.78. The Kier molecular flexibility index (Phi) is 16.0. The van der Waals surface area contributed by atoms with Crippen LogP contribution in [0, 0.1) is 11.3 Å². The summed E-state index contributed by atoms with van der Waals surface area (Å²) in [6.45, 7) is 10.7. The molecule has 0 heterocycles. The Bertz CT molecular complexity index is 656. The average Bonchev–Trinajstić information content (AvgIpc) is 2.69. The lowest BCUT2D eigenvalue weighted by Gasteiger charge is -2.05. The Morgan fingerprint density at radius 2 is 1.97 bits per heavy atom. The zero-order chi connectivity index (χ0) is 22.8. The van der Waals surface area contributed by atoms with Crippen LogP contribution in [-0.4, -0.2) is 36.1 Å². The fourth-order valence-corrected chi connectivity index (χ4v) is 2.49. The largest absolute Gasteiger partial charge is 0.389 e. The highest BCUT2D eigenvalue weighted by atomic mass is 16.3. The van der Waals surface area contributed by atoms with Gasteiger partial charge in [-0.15, -0.1) is 5.10 Å². The van der Waals surface area contributed by atoms with Crippen molar-refractivity contribution in [3.05, 3.63) is 47.2 Å². The van der Waals surface area contributed by atoms with Crippen LogP contribution < -0.4 is 15.8 Å². The fraction of sp³-hybridized carbons (Fsp3) is 0.542. The summed E-state index contributed by atoms with van der Waals surface area (Å²) < 4.78 is 0. The zero-order valence-corrected chi connectivity index (χ0v) is 19.3. The van der Waals surface area contributed by atoms with Gasteiger partial charge < -0.3 is 15.8 Å². The molecule has 1 atom stereocenters. The summed E-state index contributed by atoms with van der Waals surface area (Å²) in [5, 5.41) is 22.8. The van der Waals surface area contributed by atoms with E-state index in [0.717, 1.165) is 30.7 Å². The second kappa shape index (κ2) is 17.4. The van der Waals surface area contributed by atoms with E-state index in [4.69, 9.17) is 5.41 Å². The minimum Gasteiger partial charge on any atom is -0.389 e. The quantitative estimate of drug-likeness (QED) is 0.123. The summed E-state index contributed by atoms with van der Waals surface area (Å²) in [6.07, 6.45) is 16.2. The van der Waals surface area contributed by atoms with Crippen LogP contribution in [0.5, 0.6) is 0 Å². The van der Waals surface area contributed by atoms with Gasteiger partial charge in [0, 0.05) is 24.8 Å². The van der Waals surface area contributed by atoms with Crippen molar-refractivity contribution in [1.82, 2.24) is 10.7 Å². The molecular weight excluding hydrogens is 376 g/mol. The molecule has 0 saturated carbocycles. The molecule has 0 aromatic rings. The van der Waals surface area contributed by atoms with E-state index in [1.807, 2.05) is 50.4 Å². The summed E-state index contributed by atoms with van der Waals surface area (Å²) >= 11 is 0. The van der Waals surface area contributed by atoms with Crippen LogP contribution in [0.25, 0.3) is 0 Å². The molecule has 0 aromatic carbocycles. The maximum Gasteiger partial charge on any atom is 0.220 e. The molecule has 0 saturated heterocycles. The van der Waals surface area contributed by atoms with Crippen molar-refractivity contribution >= 4 is 18.3 Å². The number of nitrogens with one attached hydrogen (secondary N) is 4. The number of allylic oxidation sites excluding steroid dienone is 7. The van der Waals surface area contributed by atoms with Gasteiger partial charge in [-0.05, 0) is 57.9 Å². The van der Waals surface area contributed by atoms with Gasteiger partial charge in [-0.2, -0.15) is 5.43 Å². The molecule has 168 valence electrons. The van der Waals surface area contributed by atoms with Gasteiger partial charge in [0.05, 0.1) is 11.8 Å². The normalized spacial score (nSPS) is 14.6. The molecule has 6 nitrogen and oxygen atoms in total. The van der Waals surface area contributed by atoms with Crippen molar-refractivity contribution in [3.63, 3.8) is 0 Å². The third kappa shape index (κ3) is 15.5. The lowest BCUT2D eigenvalue weighted by atomic mass is 10.1. The molecule has 0 rings (SSSR count). The van der Waals surface area contributed by atoms with Crippen LogP contribution in [0.3, 0.4) is 0 Å².